The molecule has 1 rings (SSSR count). The summed E-state index contributed by atoms with van der Waals surface area (Å²) in [6.45, 7) is 1.22. The smallest absolute Gasteiger partial charge is 0.331 e. The monoisotopic (exact) mass is 1020 g/mol. The summed E-state index contributed by atoms with van der Waals surface area (Å²) in [5.74, 6) is -8.33. The van der Waals surface area contributed by atoms with Crippen LogP contribution < -0.4 is 77.8 Å². The normalized spacial score (nSPS) is 16.3. The van der Waals surface area contributed by atoms with Crippen molar-refractivity contribution >= 4 is 65.0 Å². The van der Waals surface area contributed by atoms with Crippen molar-refractivity contribution < 1.29 is 58.2 Å². The number of aliphatic hydroxyl groups is 1. The molecule has 28 nitrogen and oxygen atoms in total. The third-order valence-electron chi connectivity index (χ3n) is 11.6. The molecule has 1 fully saturated rings. The molecule has 8 atom stereocenters. The van der Waals surface area contributed by atoms with Gasteiger partial charge < -0.3 is 92.9 Å². The Morgan fingerprint density at radius 3 is 1.94 bits per heavy atom. The van der Waals surface area contributed by atoms with Gasteiger partial charge in [0.05, 0.1) is 24.7 Å². The Labute approximate surface area is 419 Å². The van der Waals surface area contributed by atoms with E-state index in [2.05, 4.69) is 36.9 Å². The van der Waals surface area contributed by atoms with Crippen LogP contribution in [0.2, 0.25) is 0 Å². The number of nitrogens with one attached hydrogen (secondary N) is 6. The van der Waals surface area contributed by atoms with Gasteiger partial charge in [-0.1, -0.05) is 12.5 Å². The molecule has 1 saturated heterocycles. The molecule has 1 aliphatic heterocycles. The fourth-order valence-electron chi connectivity index (χ4n) is 7.45. The van der Waals surface area contributed by atoms with Gasteiger partial charge in [0, 0.05) is 38.0 Å². The van der Waals surface area contributed by atoms with E-state index in [1.54, 1.807) is 0 Å². The van der Waals surface area contributed by atoms with Gasteiger partial charge >= 0.3 is 5.97 Å². The first-order chi connectivity index (χ1) is 34.1. The molecule has 0 aromatic heterocycles. The van der Waals surface area contributed by atoms with Crippen LogP contribution in [0.4, 0.5) is 0 Å². The first-order valence-corrected chi connectivity index (χ1v) is 24.2. The molecule has 0 radical (unpaired) electrons. The summed E-state index contributed by atoms with van der Waals surface area (Å²) in [6.07, 6.45) is 2.23. The van der Waals surface area contributed by atoms with Crippen molar-refractivity contribution in [2.24, 2.45) is 50.9 Å². The number of rotatable bonds is 37. The van der Waals surface area contributed by atoms with Crippen molar-refractivity contribution in [3.05, 3.63) is 11.6 Å². The number of likely N-dealkylation sites (tertiary alicyclic amines) is 1. The number of hydrogen-bond acceptors (Lipinski definition) is 17. The number of aliphatic carboxylic acids is 1. The number of unbranched alkanes of at least 4 members (excludes halogenated alkanes) is 2. The van der Waals surface area contributed by atoms with Crippen LogP contribution in [-0.4, -0.2) is 174 Å². The average molecular weight is 1030 g/mol. The zero-order valence-corrected chi connectivity index (χ0v) is 41.2. The quantitative estimate of drug-likeness (QED) is 0.0119. The standard InChI is InChI=1S/C44H80N16O12/c1-25(55-41(69)36(33(62)23-48)59-38(66)27(49)10-2-4-18-45)37(65)54-24-35(64)56-30(12-6-20-47)42(70)60-22-8-13-31(60)40(68)58-29(15-17-34(50)63)39(67)57-28(11-3-5-19-46)32(61)16-14-26(43(71)72)9-7-21-53-44(51)52/h9,25,27-31,33,36,62H,2-8,10-24,45-49H2,1H3,(H2,50,63)(H,54,65)(H,55,69)(H,56,64)(H,57,67)(H,58,68)(H,59,66)(H,71,72)(H4,51,52,53)/b26-9+/t25-,27-,28-,29-,30+,31-,33-,36-/m0/s1. The van der Waals surface area contributed by atoms with E-state index in [4.69, 9.17) is 45.9 Å². The van der Waals surface area contributed by atoms with Gasteiger partial charge in [0.15, 0.2) is 11.7 Å². The fourth-order valence-corrected chi connectivity index (χ4v) is 7.45. The van der Waals surface area contributed by atoms with Gasteiger partial charge in [0.2, 0.25) is 47.3 Å². The van der Waals surface area contributed by atoms with Gasteiger partial charge in [-0.15, -0.1) is 0 Å². The van der Waals surface area contributed by atoms with Crippen LogP contribution in [0, 0.1) is 0 Å². The zero-order valence-electron chi connectivity index (χ0n) is 41.2. The second kappa shape index (κ2) is 34.9. The lowest BCUT2D eigenvalue weighted by Gasteiger charge is -2.30. The zero-order chi connectivity index (χ0) is 54.3. The van der Waals surface area contributed by atoms with Gasteiger partial charge in [-0.3, -0.25) is 48.1 Å². The number of ketones is 1. The maximum Gasteiger partial charge on any atom is 0.331 e. The highest BCUT2D eigenvalue weighted by Crippen LogP contribution is 2.21. The molecule has 0 spiro atoms. The van der Waals surface area contributed by atoms with E-state index >= 15 is 0 Å². The van der Waals surface area contributed by atoms with Crippen molar-refractivity contribution in [2.75, 3.05) is 45.8 Å². The molecule has 408 valence electrons. The van der Waals surface area contributed by atoms with Crippen LogP contribution in [0.25, 0.3) is 0 Å². The molecule has 1 heterocycles. The number of carbonyl (C=O) groups excluding carboxylic acids is 9. The Bertz CT molecular complexity index is 1880. The third-order valence-corrected chi connectivity index (χ3v) is 11.6. The summed E-state index contributed by atoms with van der Waals surface area (Å²) in [6, 6.07) is -8.77. The third kappa shape index (κ3) is 24.2. The molecule has 0 unspecified atom stereocenters. The molecule has 0 aromatic carbocycles. The second-order valence-electron chi connectivity index (χ2n) is 17.4. The molecule has 72 heavy (non-hydrogen) atoms. The van der Waals surface area contributed by atoms with E-state index in [9.17, 15) is 58.2 Å². The first kappa shape index (κ1) is 63.7. The average Bonchev–Trinajstić information content (AvgIpc) is 3.84. The minimum absolute atomic E-state index is 0.0322. The highest BCUT2D eigenvalue weighted by atomic mass is 16.4. The largest absolute Gasteiger partial charge is 0.478 e. The molecular weight excluding hydrogens is 945 g/mol. The lowest BCUT2D eigenvalue weighted by molar-refractivity contribution is -0.142. The number of aliphatic hydroxyl groups excluding tert-OH is 1. The Morgan fingerprint density at radius 2 is 1.35 bits per heavy atom. The minimum atomic E-state index is -1.57. The summed E-state index contributed by atoms with van der Waals surface area (Å²) in [5.41, 5.74) is 44.3. The van der Waals surface area contributed by atoms with E-state index in [0.29, 0.717) is 45.2 Å². The maximum atomic E-state index is 14.1. The van der Waals surface area contributed by atoms with Crippen molar-refractivity contribution in [1.82, 2.24) is 36.8 Å². The minimum Gasteiger partial charge on any atom is -0.478 e. The number of carbonyl (C=O) groups is 10. The first-order valence-electron chi connectivity index (χ1n) is 24.2. The molecule has 0 bridgehead atoms. The van der Waals surface area contributed by atoms with Crippen LogP contribution >= 0.6 is 0 Å². The van der Waals surface area contributed by atoms with E-state index < -0.39 is 120 Å². The van der Waals surface area contributed by atoms with Crippen molar-refractivity contribution in [2.45, 2.75) is 152 Å². The number of amides is 8. The molecule has 8 amide bonds. The number of Topliss-reactive ketones (excluding diaryl/α,β-unsaturated/α-hetero) is 1. The van der Waals surface area contributed by atoms with E-state index in [0.717, 1.165) is 0 Å². The van der Waals surface area contributed by atoms with Crippen LogP contribution in [0.5, 0.6) is 0 Å². The van der Waals surface area contributed by atoms with Crippen molar-refractivity contribution in [1.29, 1.82) is 0 Å². The highest BCUT2D eigenvalue weighted by Gasteiger charge is 2.39. The van der Waals surface area contributed by atoms with Crippen molar-refractivity contribution in [3.63, 3.8) is 0 Å². The fraction of sp³-hybridized carbons (Fsp3) is 0.705. The summed E-state index contributed by atoms with van der Waals surface area (Å²) in [4.78, 5) is 136. The number of hydrogen-bond donors (Lipinski definition) is 16. The number of primary amides is 1. The summed E-state index contributed by atoms with van der Waals surface area (Å²) < 4.78 is 0. The number of aliphatic imine (C=N–C) groups is 1. The number of carboxylic acid groups (broad SMARTS) is 1. The van der Waals surface area contributed by atoms with E-state index in [1.807, 2.05) is 0 Å². The highest BCUT2D eigenvalue weighted by molar-refractivity contribution is 5.98. The molecule has 0 aromatic rings. The number of nitrogens with two attached hydrogens (primary N) is 8. The summed E-state index contributed by atoms with van der Waals surface area (Å²) in [5, 5.41) is 34.9. The molecular formula is C44H80N16O12. The van der Waals surface area contributed by atoms with Gasteiger partial charge in [0.1, 0.15) is 30.2 Å². The topological polar surface area (TPSA) is 507 Å². The maximum absolute atomic E-state index is 14.1. The molecule has 0 aliphatic carbocycles. The van der Waals surface area contributed by atoms with Gasteiger partial charge in [-0.25, -0.2) is 4.79 Å². The van der Waals surface area contributed by atoms with Gasteiger partial charge in [-0.2, -0.15) is 0 Å². The van der Waals surface area contributed by atoms with Crippen LogP contribution in [0.1, 0.15) is 103 Å². The summed E-state index contributed by atoms with van der Waals surface area (Å²) in [7, 11) is 0. The van der Waals surface area contributed by atoms with Crippen molar-refractivity contribution in [3.8, 4) is 0 Å². The second-order valence-corrected chi connectivity index (χ2v) is 17.4. The number of nitrogens with zero attached hydrogens (tertiary/aromatic N) is 2. The molecule has 1 aliphatic rings. The predicted molar refractivity (Wildman–Crippen MR) is 264 cm³/mol. The molecule has 24 N–H and O–H groups in total. The van der Waals surface area contributed by atoms with Gasteiger partial charge in [-0.05, 0) is 104 Å². The van der Waals surface area contributed by atoms with Gasteiger partial charge in [0.25, 0.3) is 0 Å². The summed E-state index contributed by atoms with van der Waals surface area (Å²) >= 11 is 0. The van der Waals surface area contributed by atoms with Crippen LogP contribution in [-0.2, 0) is 47.9 Å². The SMILES string of the molecule is C[C@H](NC(=O)[C@@H](NC(=O)[C@@H](N)CCCCN)[C@@H](O)CN)C(=O)NCC(=O)N[C@H](CCCN)C(=O)N1CCC[C@H]1C(=O)N[C@@H](CCC(N)=O)C(=O)N[C@@H](CCCCN)C(=O)CC/C(=C\CCN=C(N)N)C(=O)O. The Morgan fingerprint density at radius 1 is 0.708 bits per heavy atom. The molecule has 28 heteroatoms. The van der Waals surface area contributed by atoms with E-state index in [1.165, 1.54) is 17.9 Å². The lowest BCUT2D eigenvalue weighted by Crippen LogP contribution is -2.60. The molecule has 0 saturated carbocycles. The van der Waals surface area contributed by atoms with Crippen LogP contribution in [0.3, 0.4) is 0 Å². The Hall–Kier alpha value is -6.33. The van der Waals surface area contributed by atoms with Crippen LogP contribution in [0.15, 0.2) is 16.6 Å². The number of guanidine groups is 1. The number of carboxylic acids is 1. The predicted octanol–water partition coefficient (Wildman–Crippen LogP) is -6.53. The Kier molecular flexibility index (Phi) is 30.9. The van der Waals surface area contributed by atoms with E-state index in [-0.39, 0.29) is 95.4 Å². The lowest BCUT2D eigenvalue weighted by atomic mass is 9.98. The Balaban J connectivity index is 3.13.